The van der Waals surface area contributed by atoms with Crippen molar-refractivity contribution in [3.8, 4) is 0 Å². The van der Waals surface area contributed by atoms with E-state index in [2.05, 4.69) is 5.32 Å². The Balaban J connectivity index is 1.86. The van der Waals surface area contributed by atoms with Gasteiger partial charge in [0.15, 0.2) is 0 Å². The summed E-state index contributed by atoms with van der Waals surface area (Å²) in [5.41, 5.74) is 4.03. The molecule has 0 aromatic heterocycles. The smallest absolute Gasteiger partial charge is 0.243 e. The number of carbonyl (C=O) groups is 2. The molecule has 0 aliphatic heterocycles. The maximum absolute atomic E-state index is 12.3. The van der Waals surface area contributed by atoms with Crippen LogP contribution in [0.4, 0.5) is 5.69 Å². The molecule has 0 heterocycles. The third-order valence-electron chi connectivity index (χ3n) is 3.92. The minimum atomic E-state index is -0.189. The Bertz CT molecular complexity index is 774. The Morgan fingerprint density at radius 3 is 2.48 bits per heavy atom. The van der Waals surface area contributed by atoms with Crippen molar-refractivity contribution >= 4 is 29.3 Å². The molecule has 0 bridgehead atoms. The highest BCUT2D eigenvalue weighted by atomic mass is 32.2. The number of carbonyl (C=O) groups excluding carboxylic acids is 2. The molecule has 0 radical (unpaired) electrons. The summed E-state index contributed by atoms with van der Waals surface area (Å²) in [5, 5.41) is 2.88. The highest BCUT2D eigenvalue weighted by molar-refractivity contribution is 8.00. The van der Waals surface area contributed by atoms with Crippen molar-refractivity contribution in [1.82, 2.24) is 4.90 Å². The second-order valence-electron chi connectivity index (χ2n) is 6.17. The molecule has 0 spiro atoms. The number of nitrogens with zero attached hydrogens (tertiary/aromatic N) is 1. The average molecular weight is 356 g/mol. The van der Waals surface area contributed by atoms with Crippen molar-refractivity contribution in [3.63, 3.8) is 0 Å². The molecule has 0 atom stereocenters. The number of nitrogens with one attached hydrogen (secondary N) is 1. The molecule has 0 fully saturated rings. The summed E-state index contributed by atoms with van der Waals surface area (Å²) < 4.78 is 0. The molecule has 2 rings (SSSR count). The number of benzene rings is 2. The van der Waals surface area contributed by atoms with Crippen molar-refractivity contribution in [2.75, 3.05) is 24.7 Å². The van der Waals surface area contributed by atoms with E-state index < -0.39 is 0 Å². The number of thioether (sulfide) groups is 1. The first-order valence-corrected chi connectivity index (χ1v) is 9.15. The van der Waals surface area contributed by atoms with Crippen LogP contribution >= 0.6 is 11.8 Å². The van der Waals surface area contributed by atoms with Crippen molar-refractivity contribution in [3.05, 3.63) is 59.2 Å². The van der Waals surface area contributed by atoms with Crippen molar-refractivity contribution in [2.24, 2.45) is 0 Å². The van der Waals surface area contributed by atoms with Gasteiger partial charge in [-0.15, -0.1) is 11.8 Å². The van der Waals surface area contributed by atoms with Gasteiger partial charge in [0.05, 0.1) is 12.3 Å². The van der Waals surface area contributed by atoms with Crippen LogP contribution in [0.25, 0.3) is 0 Å². The molecule has 2 aromatic carbocycles. The number of hydrogen-bond acceptors (Lipinski definition) is 3. The molecule has 2 amide bonds. The van der Waals surface area contributed by atoms with Gasteiger partial charge in [-0.05, 0) is 49.6 Å². The summed E-state index contributed by atoms with van der Waals surface area (Å²) >= 11 is 1.50. The molecule has 0 aliphatic carbocycles. The summed E-state index contributed by atoms with van der Waals surface area (Å²) in [5.74, 6) is 0.0628. The van der Waals surface area contributed by atoms with Gasteiger partial charge in [-0.1, -0.05) is 30.3 Å². The Labute approximate surface area is 153 Å². The van der Waals surface area contributed by atoms with E-state index >= 15 is 0 Å². The van der Waals surface area contributed by atoms with E-state index in [1.807, 2.05) is 63.2 Å². The number of hydrogen-bond donors (Lipinski definition) is 1. The minimum absolute atomic E-state index is 0.0422. The molecule has 0 saturated heterocycles. The molecule has 0 aliphatic rings. The zero-order valence-electron chi connectivity index (χ0n) is 15.1. The fraction of sp³-hybridized carbons (Fsp3) is 0.300. The quantitative estimate of drug-likeness (QED) is 0.801. The largest absolute Gasteiger partial charge is 0.336 e. The average Bonchev–Trinajstić information content (AvgIpc) is 2.57. The lowest BCUT2D eigenvalue weighted by atomic mass is 10.1. The Hall–Kier alpha value is -2.27. The summed E-state index contributed by atoms with van der Waals surface area (Å²) in [4.78, 5) is 27.0. The van der Waals surface area contributed by atoms with E-state index in [9.17, 15) is 9.59 Å². The predicted octanol–water partition coefficient (Wildman–Crippen LogP) is 3.80. The number of rotatable bonds is 6. The van der Waals surface area contributed by atoms with Gasteiger partial charge in [-0.3, -0.25) is 9.59 Å². The predicted molar refractivity (Wildman–Crippen MR) is 104 cm³/mol. The SMILES string of the molecule is Cc1ccc(C)c(NC(=O)CN(C)C(=O)CSc2ccccc2C)c1. The number of likely N-dealkylation sites (N-methyl/N-ethyl adjacent to an activating group) is 1. The molecule has 132 valence electrons. The number of amides is 2. The van der Waals surface area contributed by atoms with Crippen LogP contribution in [0.1, 0.15) is 16.7 Å². The molecule has 0 unspecified atom stereocenters. The van der Waals surface area contributed by atoms with Gasteiger partial charge < -0.3 is 10.2 Å². The Kier molecular flexibility index (Phi) is 6.65. The Morgan fingerprint density at radius 1 is 1.04 bits per heavy atom. The van der Waals surface area contributed by atoms with Gasteiger partial charge in [-0.25, -0.2) is 0 Å². The summed E-state index contributed by atoms with van der Waals surface area (Å²) in [6.07, 6.45) is 0. The molecule has 5 heteroatoms. The molecule has 25 heavy (non-hydrogen) atoms. The third-order valence-corrected chi connectivity index (χ3v) is 5.08. The van der Waals surface area contributed by atoms with E-state index in [0.29, 0.717) is 5.75 Å². The van der Waals surface area contributed by atoms with E-state index in [1.54, 1.807) is 7.05 Å². The first-order chi connectivity index (χ1) is 11.9. The van der Waals surface area contributed by atoms with Gasteiger partial charge in [0, 0.05) is 17.6 Å². The van der Waals surface area contributed by atoms with Crippen LogP contribution in [0.5, 0.6) is 0 Å². The van der Waals surface area contributed by atoms with E-state index in [0.717, 1.165) is 27.3 Å². The van der Waals surface area contributed by atoms with Crippen LogP contribution in [0.2, 0.25) is 0 Å². The molecule has 1 N–H and O–H groups in total. The van der Waals surface area contributed by atoms with E-state index in [-0.39, 0.29) is 18.4 Å². The fourth-order valence-electron chi connectivity index (χ4n) is 2.33. The van der Waals surface area contributed by atoms with Gasteiger partial charge >= 0.3 is 0 Å². The van der Waals surface area contributed by atoms with Gasteiger partial charge in [-0.2, -0.15) is 0 Å². The minimum Gasteiger partial charge on any atom is -0.336 e. The van der Waals surface area contributed by atoms with E-state index in [4.69, 9.17) is 0 Å². The van der Waals surface area contributed by atoms with Crippen LogP contribution in [-0.4, -0.2) is 36.1 Å². The van der Waals surface area contributed by atoms with Crippen molar-refractivity contribution in [1.29, 1.82) is 0 Å². The lowest BCUT2D eigenvalue weighted by Crippen LogP contribution is -2.36. The molecular formula is C20H24N2O2S. The van der Waals surface area contributed by atoms with Crippen molar-refractivity contribution in [2.45, 2.75) is 25.7 Å². The van der Waals surface area contributed by atoms with Crippen LogP contribution in [-0.2, 0) is 9.59 Å². The lowest BCUT2D eigenvalue weighted by Gasteiger charge is -2.17. The third kappa shape index (κ3) is 5.64. The fourth-order valence-corrected chi connectivity index (χ4v) is 3.30. The first kappa shape index (κ1) is 19.1. The number of anilines is 1. The van der Waals surface area contributed by atoms with Gasteiger partial charge in [0.1, 0.15) is 0 Å². The molecule has 2 aromatic rings. The lowest BCUT2D eigenvalue weighted by molar-refractivity contribution is -0.131. The molecule has 0 saturated carbocycles. The van der Waals surface area contributed by atoms with E-state index in [1.165, 1.54) is 16.7 Å². The van der Waals surface area contributed by atoms with Crippen LogP contribution in [0.3, 0.4) is 0 Å². The van der Waals surface area contributed by atoms with Crippen LogP contribution in [0.15, 0.2) is 47.4 Å². The zero-order chi connectivity index (χ0) is 18.4. The first-order valence-electron chi connectivity index (χ1n) is 8.16. The summed E-state index contributed by atoms with van der Waals surface area (Å²) in [7, 11) is 1.66. The maximum Gasteiger partial charge on any atom is 0.243 e. The van der Waals surface area contributed by atoms with Gasteiger partial charge in [0.2, 0.25) is 11.8 Å². The van der Waals surface area contributed by atoms with Gasteiger partial charge in [0.25, 0.3) is 0 Å². The normalized spacial score (nSPS) is 10.4. The highest BCUT2D eigenvalue weighted by Crippen LogP contribution is 2.22. The topological polar surface area (TPSA) is 49.4 Å². The monoisotopic (exact) mass is 356 g/mol. The standard InChI is InChI=1S/C20H24N2O2S/c1-14-9-10-15(2)17(11-14)21-19(23)12-22(4)20(24)13-25-18-8-6-5-7-16(18)3/h5-11H,12-13H2,1-4H3,(H,21,23). The number of aryl methyl sites for hydroxylation is 3. The highest BCUT2D eigenvalue weighted by Gasteiger charge is 2.14. The zero-order valence-corrected chi connectivity index (χ0v) is 15.9. The maximum atomic E-state index is 12.3. The summed E-state index contributed by atoms with van der Waals surface area (Å²) in [6, 6.07) is 13.9. The molecular weight excluding hydrogens is 332 g/mol. The van der Waals surface area contributed by atoms with Crippen molar-refractivity contribution < 1.29 is 9.59 Å². The second-order valence-corrected chi connectivity index (χ2v) is 7.19. The van der Waals surface area contributed by atoms with Crippen LogP contribution in [0, 0.1) is 20.8 Å². The second kappa shape index (κ2) is 8.72. The Morgan fingerprint density at radius 2 is 1.76 bits per heavy atom. The summed E-state index contributed by atoms with van der Waals surface area (Å²) in [6.45, 7) is 5.99. The van der Waals surface area contributed by atoms with Crippen LogP contribution < -0.4 is 5.32 Å². The molecule has 4 nitrogen and oxygen atoms in total.